The molecular weight excluding hydrogens is 372 g/mol. The lowest BCUT2D eigenvalue weighted by Crippen LogP contribution is -2.29. The Morgan fingerprint density at radius 3 is 2.38 bits per heavy atom. The summed E-state index contributed by atoms with van der Waals surface area (Å²) < 4.78 is 10.2. The van der Waals surface area contributed by atoms with E-state index in [0.717, 1.165) is 0 Å². The molecule has 1 atom stereocenters. The summed E-state index contributed by atoms with van der Waals surface area (Å²) in [5.41, 5.74) is 1.07. The third-order valence-electron chi connectivity index (χ3n) is 4.79. The first-order chi connectivity index (χ1) is 14.0. The highest BCUT2D eigenvalue weighted by Gasteiger charge is 2.48. The van der Waals surface area contributed by atoms with E-state index in [0.29, 0.717) is 22.6 Å². The monoisotopic (exact) mass is 390 g/mol. The topological polar surface area (TPSA) is 92.9 Å². The van der Waals surface area contributed by atoms with E-state index in [-0.39, 0.29) is 17.2 Å². The van der Waals surface area contributed by atoms with E-state index in [9.17, 15) is 14.7 Å². The number of ether oxygens (including phenoxy) is 1. The number of methoxy groups -OCH3 is 1. The summed E-state index contributed by atoms with van der Waals surface area (Å²) in [6.45, 7) is 1.70. The number of rotatable bonds is 4. The number of Topliss-reactive ketones (excluding diaryl/α,β-unsaturated/α-hetero) is 1. The van der Waals surface area contributed by atoms with E-state index in [1.54, 1.807) is 61.5 Å². The Morgan fingerprint density at radius 1 is 1.10 bits per heavy atom. The quantitative estimate of drug-likeness (QED) is 0.416. The zero-order chi connectivity index (χ0) is 20.5. The van der Waals surface area contributed by atoms with Crippen molar-refractivity contribution in [2.75, 3.05) is 12.0 Å². The molecule has 0 unspecified atom stereocenters. The number of nitrogens with zero attached hydrogens (tertiary/aromatic N) is 2. The summed E-state index contributed by atoms with van der Waals surface area (Å²) in [5.74, 6) is -0.492. The van der Waals surface area contributed by atoms with Gasteiger partial charge in [0.1, 0.15) is 17.3 Å². The van der Waals surface area contributed by atoms with Crippen molar-refractivity contribution in [3.8, 4) is 5.75 Å². The molecule has 1 aliphatic heterocycles. The fourth-order valence-electron chi connectivity index (χ4n) is 3.39. The van der Waals surface area contributed by atoms with Gasteiger partial charge in [-0.2, -0.15) is 0 Å². The number of benzene rings is 2. The van der Waals surface area contributed by atoms with Gasteiger partial charge in [-0.05, 0) is 36.8 Å². The standard InChI is InChI=1S/C22H18N2O5/c1-13-12-17(23-29-13)24-19(14-6-4-3-5-7-14)18(21(26)22(24)27)20(25)15-8-10-16(28-2)11-9-15/h3-12,19,25H,1-2H3/b20-18+/t19-/m0/s1. The Bertz CT molecular complexity index is 1100. The molecule has 1 N–H and O–H groups in total. The molecule has 29 heavy (non-hydrogen) atoms. The number of ketones is 1. The molecule has 1 fully saturated rings. The summed E-state index contributed by atoms with van der Waals surface area (Å²) in [5, 5.41) is 14.9. The Kier molecular flexibility index (Phi) is 4.64. The van der Waals surface area contributed by atoms with E-state index in [4.69, 9.17) is 9.26 Å². The number of anilines is 1. The molecule has 2 heterocycles. The number of aliphatic hydroxyl groups is 1. The molecule has 7 nitrogen and oxygen atoms in total. The minimum absolute atomic E-state index is 0.00739. The first kappa shape index (κ1) is 18.5. The van der Waals surface area contributed by atoms with Gasteiger partial charge in [0.15, 0.2) is 5.82 Å². The highest BCUT2D eigenvalue weighted by atomic mass is 16.5. The number of carbonyl (C=O) groups excluding carboxylic acids is 2. The van der Waals surface area contributed by atoms with Crippen molar-refractivity contribution in [3.05, 3.63) is 83.1 Å². The van der Waals surface area contributed by atoms with Crippen LogP contribution in [0.15, 0.2) is 70.8 Å². The average Bonchev–Trinajstić information content (AvgIpc) is 3.29. The first-order valence-electron chi connectivity index (χ1n) is 8.95. The molecule has 3 aromatic rings. The van der Waals surface area contributed by atoms with Crippen molar-refractivity contribution in [2.24, 2.45) is 0 Å². The van der Waals surface area contributed by atoms with Crippen molar-refractivity contribution in [1.82, 2.24) is 5.16 Å². The van der Waals surface area contributed by atoms with Crippen LogP contribution >= 0.6 is 0 Å². The van der Waals surface area contributed by atoms with E-state index in [1.807, 2.05) is 6.07 Å². The maximum Gasteiger partial charge on any atom is 0.301 e. The second-order valence-corrected chi connectivity index (χ2v) is 6.60. The lowest BCUT2D eigenvalue weighted by Gasteiger charge is -2.22. The van der Waals surface area contributed by atoms with Crippen molar-refractivity contribution >= 4 is 23.3 Å². The molecule has 146 valence electrons. The van der Waals surface area contributed by atoms with Gasteiger partial charge in [-0.3, -0.25) is 14.5 Å². The minimum Gasteiger partial charge on any atom is -0.507 e. The maximum atomic E-state index is 12.9. The van der Waals surface area contributed by atoms with Gasteiger partial charge in [-0.25, -0.2) is 0 Å². The third kappa shape index (κ3) is 3.16. The number of aryl methyl sites for hydroxylation is 1. The zero-order valence-corrected chi connectivity index (χ0v) is 15.8. The minimum atomic E-state index is -0.831. The van der Waals surface area contributed by atoms with E-state index >= 15 is 0 Å². The summed E-state index contributed by atoms with van der Waals surface area (Å²) in [6, 6.07) is 16.4. The molecule has 1 aliphatic rings. The number of amides is 1. The molecular formula is C22H18N2O5. The maximum absolute atomic E-state index is 12.9. The van der Waals surface area contributed by atoms with Gasteiger partial charge < -0.3 is 14.4 Å². The molecule has 1 aromatic heterocycles. The number of hydrogen-bond acceptors (Lipinski definition) is 6. The van der Waals surface area contributed by atoms with Crippen molar-refractivity contribution in [2.45, 2.75) is 13.0 Å². The first-order valence-corrected chi connectivity index (χ1v) is 8.95. The molecule has 1 amide bonds. The summed E-state index contributed by atoms with van der Waals surface area (Å²) in [4.78, 5) is 27.1. The number of aliphatic hydroxyl groups excluding tert-OH is 1. The third-order valence-corrected chi connectivity index (χ3v) is 4.79. The highest BCUT2D eigenvalue weighted by Crippen LogP contribution is 2.41. The lowest BCUT2D eigenvalue weighted by molar-refractivity contribution is -0.132. The number of carbonyl (C=O) groups is 2. The van der Waals surface area contributed by atoms with Crippen molar-refractivity contribution in [1.29, 1.82) is 0 Å². The zero-order valence-electron chi connectivity index (χ0n) is 15.8. The Balaban J connectivity index is 1.90. The predicted molar refractivity (Wildman–Crippen MR) is 105 cm³/mol. The van der Waals surface area contributed by atoms with E-state index in [2.05, 4.69) is 5.16 Å². The molecule has 0 radical (unpaired) electrons. The van der Waals surface area contributed by atoms with Gasteiger partial charge in [-0.1, -0.05) is 35.5 Å². The highest BCUT2D eigenvalue weighted by molar-refractivity contribution is 6.51. The summed E-state index contributed by atoms with van der Waals surface area (Å²) >= 11 is 0. The van der Waals surface area contributed by atoms with Gasteiger partial charge in [0.2, 0.25) is 0 Å². The Morgan fingerprint density at radius 2 is 1.79 bits per heavy atom. The van der Waals surface area contributed by atoms with Crippen LogP contribution in [-0.4, -0.2) is 29.1 Å². The summed E-state index contributed by atoms with van der Waals surface area (Å²) in [6.07, 6.45) is 0. The normalized spacial score (nSPS) is 18.3. The van der Waals surface area contributed by atoms with Crippen LogP contribution in [0.1, 0.15) is 22.9 Å². The average molecular weight is 390 g/mol. The molecule has 4 rings (SSSR count). The van der Waals surface area contributed by atoms with Crippen LogP contribution in [0.4, 0.5) is 5.82 Å². The molecule has 0 spiro atoms. The van der Waals surface area contributed by atoms with Gasteiger partial charge in [0, 0.05) is 11.6 Å². The van der Waals surface area contributed by atoms with Crippen LogP contribution < -0.4 is 9.64 Å². The Hall–Kier alpha value is -3.87. The van der Waals surface area contributed by atoms with Gasteiger partial charge in [0.25, 0.3) is 5.78 Å². The fourth-order valence-corrected chi connectivity index (χ4v) is 3.39. The van der Waals surface area contributed by atoms with E-state index < -0.39 is 17.7 Å². The number of aromatic nitrogens is 1. The molecule has 0 saturated carbocycles. The van der Waals surface area contributed by atoms with Gasteiger partial charge in [0.05, 0.1) is 18.7 Å². The van der Waals surface area contributed by atoms with Crippen molar-refractivity contribution < 1.29 is 24.0 Å². The number of hydrogen-bond donors (Lipinski definition) is 1. The Labute approximate surface area is 166 Å². The molecule has 2 aromatic carbocycles. The van der Waals surface area contributed by atoms with E-state index in [1.165, 1.54) is 12.0 Å². The smallest absolute Gasteiger partial charge is 0.301 e. The van der Waals surface area contributed by atoms with Crippen LogP contribution in [0.3, 0.4) is 0 Å². The van der Waals surface area contributed by atoms with Gasteiger partial charge in [-0.15, -0.1) is 0 Å². The van der Waals surface area contributed by atoms with Gasteiger partial charge >= 0.3 is 5.91 Å². The van der Waals surface area contributed by atoms with Crippen molar-refractivity contribution in [3.63, 3.8) is 0 Å². The van der Waals surface area contributed by atoms with Crippen LogP contribution in [0, 0.1) is 6.92 Å². The van der Waals surface area contributed by atoms with Crippen LogP contribution in [0.2, 0.25) is 0 Å². The second-order valence-electron chi connectivity index (χ2n) is 6.60. The largest absolute Gasteiger partial charge is 0.507 e. The van der Waals surface area contributed by atoms with Crippen LogP contribution in [0.25, 0.3) is 5.76 Å². The SMILES string of the molecule is COc1ccc(/C(O)=C2\C(=O)C(=O)N(c3cc(C)on3)[C@H]2c2ccccc2)cc1. The lowest BCUT2D eigenvalue weighted by atomic mass is 9.95. The fraction of sp³-hybridized carbons (Fsp3) is 0.136. The molecule has 0 aliphatic carbocycles. The summed E-state index contributed by atoms with van der Waals surface area (Å²) in [7, 11) is 1.54. The molecule has 1 saturated heterocycles. The molecule has 7 heteroatoms. The molecule has 0 bridgehead atoms. The van der Waals surface area contributed by atoms with Crippen LogP contribution in [0.5, 0.6) is 5.75 Å². The predicted octanol–water partition coefficient (Wildman–Crippen LogP) is 3.62. The second kappa shape index (κ2) is 7.27. The van der Waals surface area contributed by atoms with Crippen LogP contribution in [-0.2, 0) is 9.59 Å².